The summed E-state index contributed by atoms with van der Waals surface area (Å²) in [5.74, 6) is -1.77. The molecule has 1 aromatic carbocycles. The standard InChI is InChI=1S/C16H21FN2O5/c1-3-8-18-14(20)9-19-15(21)10-23-16(22)11(2)24-13-6-4-12(17)5-7-13/h4-7,11H,3,8-10H2,1-2H3,(H,18,20)(H,19,21)/t11-/m1/s1. The van der Waals surface area contributed by atoms with Gasteiger partial charge in [-0.15, -0.1) is 0 Å². The number of halogens is 1. The van der Waals surface area contributed by atoms with Gasteiger partial charge in [-0.2, -0.15) is 0 Å². The van der Waals surface area contributed by atoms with E-state index in [0.717, 1.165) is 6.42 Å². The molecule has 0 aliphatic rings. The van der Waals surface area contributed by atoms with Gasteiger partial charge < -0.3 is 20.1 Å². The molecule has 0 aromatic heterocycles. The Morgan fingerprint density at radius 1 is 1.12 bits per heavy atom. The Balaban J connectivity index is 2.27. The number of ether oxygens (including phenoxy) is 2. The summed E-state index contributed by atoms with van der Waals surface area (Å²) in [5.41, 5.74) is 0. The Bertz CT molecular complexity index is 562. The summed E-state index contributed by atoms with van der Waals surface area (Å²) in [4.78, 5) is 34.5. The fraction of sp³-hybridized carbons (Fsp3) is 0.438. The van der Waals surface area contributed by atoms with Crippen molar-refractivity contribution in [3.05, 3.63) is 30.1 Å². The van der Waals surface area contributed by atoms with E-state index in [1.807, 2.05) is 6.92 Å². The lowest BCUT2D eigenvalue weighted by Crippen LogP contribution is -2.39. The molecular formula is C16H21FN2O5. The van der Waals surface area contributed by atoms with Gasteiger partial charge in [-0.1, -0.05) is 6.92 Å². The van der Waals surface area contributed by atoms with Crippen LogP contribution in [0.5, 0.6) is 5.75 Å². The van der Waals surface area contributed by atoms with Crippen molar-refractivity contribution in [1.29, 1.82) is 0 Å². The van der Waals surface area contributed by atoms with Crippen molar-refractivity contribution in [2.24, 2.45) is 0 Å². The molecule has 0 spiro atoms. The molecule has 24 heavy (non-hydrogen) atoms. The molecule has 0 aliphatic carbocycles. The molecule has 0 radical (unpaired) electrons. The van der Waals surface area contributed by atoms with Crippen LogP contribution in [-0.2, 0) is 19.1 Å². The fourth-order valence-corrected chi connectivity index (χ4v) is 1.58. The van der Waals surface area contributed by atoms with E-state index in [-0.39, 0.29) is 12.5 Å². The number of carbonyl (C=O) groups excluding carboxylic acids is 3. The average molecular weight is 340 g/mol. The van der Waals surface area contributed by atoms with E-state index in [4.69, 9.17) is 9.47 Å². The van der Waals surface area contributed by atoms with Crippen molar-refractivity contribution in [1.82, 2.24) is 10.6 Å². The smallest absolute Gasteiger partial charge is 0.347 e. The van der Waals surface area contributed by atoms with Gasteiger partial charge in [0.2, 0.25) is 5.91 Å². The van der Waals surface area contributed by atoms with Crippen molar-refractivity contribution in [2.75, 3.05) is 19.7 Å². The van der Waals surface area contributed by atoms with Gasteiger partial charge in [0.25, 0.3) is 5.91 Å². The maximum Gasteiger partial charge on any atom is 0.347 e. The van der Waals surface area contributed by atoms with Crippen molar-refractivity contribution in [3.63, 3.8) is 0 Å². The minimum absolute atomic E-state index is 0.183. The molecule has 0 fully saturated rings. The quantitative estimate of drug-likeness (QED) is 0.648. The summed E-state index contributed by atoms with van der Waals surface area (Å²) in [6.07, 6.45) is -0.167. The molecule has 0 saturated heterocycles. The Morgan fingerprint density at radius 2 is 1.79 bits per heavy atom. The number of hydrogen-bond acceptors (Lipinski definition) is 5. The average Bonchev–Trinajstić information content (AvgIpc) is 2.57. The fourth-order valence-electron chi connectivity index (χ4n) is 1.58. The summed E-state index contributed by atoms with van der Waals surface area (Å²) in [6, 6.07) is 5.15. The van der Waals surface area contributed by atoms with Crippen LogP contribution in [0.4, 0.5) is 4.39 Å². The minimum Gasteiger partial charge on any atom is -0.479 e. The zero-order valence-electron chi connectivity index (χ0n) is 13.6. The molecule has 0 saturated carbocycles. The number of carbonyl (C=O) groups is 3. The van der Waals surface area contributed by atoms with Crippen LogP contribution in [0.25, 0.3) is 0 Å². The van der Waals surface area contributed by atoms with Gasteiger partial charge in [-0.3, -0.25) is 9.59 Å². The van der Waals surface area contributed by atoms with Crippen molar-refractivity contribution in [2.45, 2.75) is 26.4 Å². The van der Waals surface area contributed by atoms with Crippen LogP contribution >= 0.6 is 0 Å². The Morgan fingerprint density at radius 3 is 2.42 bits per heavy atom. The number of benzene rings is 1. The van der Waals surface area contributed by atoms with Crippen LogP contribution in [-0.4, -0.2) is 43.6 Å². The molecule has 1 rings (SSSR count). The van der Waals surface area contributed by atoms with Gasteiger partial charge in [0.05, 0.1) is 6.54 Å². The van der Waals surface area contributed by atoms with Crippen molar-refractivity contribution in [3.8, 4) is 5.75 Å². The third kappa shape index (κ3) is 7.57. The molecule has 0 aliphatic heterocycles. The van der Waals surface area contributed by atoms with E-state index in [1.165, 1.54) is 31.2 Å². The van der Waals surface area contributed by atoms with Gasteiger partial charge in [0.15, 0.2) is 12.7 Å². The molecule has 0 unspecified atom stereocenters. The zero-order chi connectivity index (χ0) is 17.9. The first-order valence-electron chi connectivity index (χ1n) is 7.54. The molecule has 2 N–H and O–H groups in total. The first-order valence-corrected chi connectivity index (χ1v) is 7.54. The SMILES string of the molecule is CCCNC(=O)CNC(=O)COC(=O)[C@@H](C)Oc1ccc(F)cc1. The summed E-state index contributed by atoms with van der Waals surface area (Å²) >= 11 is 0. The lowest BCUT2D eigenvalue weighted by Gasteiger charge is -2.14. The predicted octanol–water partition coefficient (Wildman–Crippen LogP) is 0.779. The molecule has 1 atom stereocenters. The highest BCUT2D eigenvalue weighted by Gasteiger charge is 2.18. The third-order valence-corrected chi connectivity index (χ3v) is 2.82. The zero-order valence-corrected chi connectivity index (χ0v) is 13.6. The Labute approximate surface area is 139 Å². The first kappa shape index (κ1) is 19.4. The minimum atomic E-state index is -0.962. The summed E-state index contributed by atoms with van der Waals surface area (Å²) in [6.45, 7) is 3.19. The van der Waals surface area contributed by atoms with Crippen LogP contribution in [0.3, 0.4) is 0 Å². The van der Waals surface area contributed by atoms with Crippen LogP contribution in [0.1, 0.15) is 20.3 Å². The molecule has 0 heterocycles. The molecule has 8 heteroatoms. The van der Waals surface area contributed by atoms with E-state index in [0.29, 0.717) is 12.3 Å². The maximum atomic E-state index is 12.8. The van der Waals surface area contributed by atoms with Gasteiger partial charge in [-0.25, -0.2) is 9.18 Å². The van der Waals surface area contributed by atoms with Crippen LogP contribution < -0.4 is 15.4 Å². The second-order valence-corrected chi connectivity index (χ2v) is 4.95. The van der Waals surface area contributed by atoms with Crippen LogP contribution in [0.2, 0.25) is 0 Å². The number of hydrogen-bond donors (Lipinski definition) is 2. The van der Waals surface area contributed by atoms with E-state index in [2.05, 4.69) is 10.6 Å². The van der Waals surface area contributed by atoms with Crippen molar-refractivity contribution >= 4 is 17.8 Å². The summed E-state index contributed by atoms with van der Waals surface area (Å²) in [7, 11) is 0. The summed E-state index contributed by atoms with van der Waals surface area (Å²) < 4.78 is 22.8. The number of nitrogens with one attached hydrogen (secondary N) is 2. The molecular weight excluding hydrogens is 319 g/mol. The lowest BCUT2D eigenvalue weighted by molar-refractivity contribution is -0.154. The van der Waals surface area contributed by atoms with Gasteiger partial charge in [0, 0.05) is 6.54 Å². The molecule has 1 aromatic rings. The van der Waals surface area contributed by atoms with Gasteiger partial charge in [0.1, 0.15) is 11.6 Å². The van der Waals surface area contributed by atoms with Crippen molar-refractivity contribution < 1.29 is 28.2 Å². The van der Waals surface area contributed by atoms with Gasteiger partial charge in [-0.05, 0) is 37.6 Å². The van der Waals surface area contributed by atoms with E-state index < -0.39 is 30.4 Å². The normalized spacial score (nSPS) is 11.3. The van der Waals surface area contributed by atoms with E-state index in [1.54, 1.807) is 0 Å². The van der Waals surface area contributed by atoms with Gasteiger partial charge >= 0.3 is 5.97 Å². The van der Waals surface area contributed by atoms with E-state index in [9.17, 15) is 18.8 Å². The molecule has 132 valence electrons. The number of amides is 2. The predicted molar refractivity (Wildman–Crippen MR) is 83.8 cm³/mol. The highest BCUT2D eigenvalue weighted by molar-refractivity contribution is 5.86. The lowest BCUT2D eigenvalue weighted by atomic mass is 10.3. The maximum absolute atomic E-state index is 12.8. The highest BCUT2D eigenvalue weighted by atomic mass is 19.1. The molecule has 2 amide bonds. The second-order valence-electron chi connectivity index (χ2n) is 4.95. The van der Waals surface area contributed by atoms with Crippen LogP contribution in [0, 0.1) is 5.82 Å². The van der Waals surface area contributed by atoms with E-state index >= 15 is 0 Å². The second kappa shape index (κ2) is 10.2. The Kier molecular flexibility index (Phi) is 8.24. The highest BCUT2D eigenvalue weighted by Crippen LogP contribution is 2.13. The number of rotatable bonds is 9. The largest absolute Gasteiger partial charge is 0.479 e. The summed E-state index contributed by atoms with van der Waals surface area (Å²) in [5, 5.41) is 4.92. The Hall–Kier alpha value is -2.64. The van der Waals surface area contributed by atoms with Crippen LogP contribution in [0.15, 0.2) is 24.3 Å². The molecule has 7 nitrogen and oxygen atoms in total. The number of esters is 1. The third-order valence-electron chi connectivity index (χ3n) is 2.82. The first-order chi connectivity index (χ1) is 11.4. The molecule has 0 bridgehead atoms. The monoisotopic (exact) mass is 340 g/mol. The topological polar surface area (TPSA) is 93.7 Å².